The van der Waals surface area contributed by atoms with Crippen molar-refractivity contribution in [3.8, 4) is 10.6 Å². The number of thiazole rings is 1. The van der Waals surface area contributed by atoms with E-state index >= 15 is 0 Å². The molecule has 1 aromatic heterocycles. The van der Waals surface area contributed by atoms with Crippen LogP contribution in [-0.4, -0.2) is 16.0 Å². The van der Waals surface area contributed by atoms with Gasteiger partial charge in [0.15, 0.2) is 5.11 Å². The Morgan fingerprint density at radius 3 is 2.56 bits per heavy atom. The van der Waals surface area contributed by atoms with Crippen molar-refractivity contribution in [1.82, 2.24) is 10.3 Å². The molecule has 0 aliphatic carbocycles. The molecule has 5 aromatic rings. The van der Waals surface area contributed by atoms with Crippen molar-refractivity contribution in [1.29, 1.82) is 0 Å². The Kier molecular flexibility index (Phi) is 5.57. The van der Waals surface area contributed by atoms with Crippen molar-refractivity contribution in [3.05, 3.63) is 95.5 Å². The summed E-state index contributed by atoms with van der Waals surface area (Å²) in [7, 11) is 0. The number of para-hydroxylation sites is 1. The van der Waals surface area contributed by atoms with E-state index in [0.29, 0.717) is 16.3 Å². The highest BCUT2D eigenvalue weighted by molar-refractivity contribution is 7.80. The summed E-state index contributed by atoms with van der Waals surface area (Å²) in [6.45, 7) is 0. The summed E-state index contributed by atoms with van der Waals surface area (Å²) in [5, 5.41) is 9.26. The van der Waals surface area contributed by atoms with Crippen LogP contribution in [-0.2, 0) is 0 Å². The number of nitrogens with one attached hydrogen (secondary N) is 2. The average Bonchev–Trinajstić information content (AvgIpc) is 3.22. The smallest absolute Gasteiger partial charge is 0.258 e. The second kappa shape index (κ2) is 8.67. The van der Waals surface area contributed by atoms with Crippen molar-refractivity contribution in [2.24, 2.45) is 0 Å². The van der Waals surface area contributed by atoms with Crippen LogP contribution >= 0.6 is 35.2 Å². The Morgan fingerprint density at radius 2 is 1.72 bits per heavy atom. The number of aromatic nitrogens is 1. The number of nitrogens with zero attached hydrogens (tertiary/aromatic N) is 1. The third-order valence-electron chi connectivity index (χ3n) is 5.01. The van der Waals surface area contributed by atoms with Crippen LogP contribution in [0.3, 0.4) is 0 Å². The molecule has 0 fully saturated rings. The first-order valence-electron chi connectivity index (χ1n) is 9.84. The van der Waals surface area contributed by atoms with E-state index in [1.54, 1.807) is 23.5 Å². The van der Waals surface area contributed by atoms with Crippen LogP contribution in [0.4, 0.5) is 5.69 Å². The highest BCUT2D eigenvalue weighted by Crippen LogP contribution is 2.35. The lowest BCUT2D eigenvalue weighted by Gasteiger charge is -2.12. The van der Waals surface area contributed by atoms with E-state index in [2.05, 4.69) is 15.6 Å². The molecule has 1 heterocycles. The fourth-order valence-corrected chi connectivity index (χ4v) is 5.05. The normalized spacial score (nSPS) is 10.9. The Labute approximate surface area is 198 Å². The highest BCUT2D eigenvalue weighted by atomic mass is 35.5. The molecule has 4 aromatic carbocycles. The van der Waals surface area contributed by atoms with Gasteiger partial charge in [-0.2, -0.15) is 0 Å². The Morgan fingerprint density at radius 1 is 0.938 bits per heavy atom. The SMILES string of the molecule is O=C(NC(=S)Nc1ccc(-c2nc3ccccc3s2)c(Cl)c1)c1cccc2ccccc12. The zero-order valence-corrected chi connectivity index (χ0v) is 19.0. The zero-order chi connectivity index (χ0) is 22.1. The molecular formula is C25H16ClN3OS2. The molecule has 0 saturated heterocycles. The molecule has 1 amide bonds. The number of hydrogen-bond acceptors (Lipinski definition) is 4. The maximum absolute atomic E-state index is 12.8. The fourth-order valence-electron chi connectivity index (χ4n) is 3.51. The van der Waals surface area contributed by atoms with E-state index in [9.17, 15) is 4.79 Å². The number of hydrogen-bond donors (Lipinski definition) is 2. The topological polar surface area (TPSA) is 54.0 Å². The Balaban J connectivity index is 1.32. The number of fused-ring (bicyclic) bond motifs is 2. The van der Waals surface area contributed by atoms with E-state index < -0.39 is 0 Å². The van der Waals surface area contributed by atoms with Gasteiger partial charge in [-0.25, -0.2) is 4.98 Å². The Bertz CT molecular complexity index is 1460. The van der Waals surface area contributed by atoms with Crippen LogP contribution in [0, 0.1) is 0 Å². The first-order valence-corrected chi connectivity index (χ1v) is 11.4. The monoisotopic (exact) mass is 473 g/mol. The van der Waals surface area contributed by atoms with Crippen molar-refractivity contribution in [2.75, 3.05) is 5.32 Å². The number of thiocarbonyl (C=S) groups is 1. The molecule has 0 bridgehead atoms. The fraction of sp³-hybridized carbons (Fsp3) is 0. The zero-order valence-electron chi connectivity index (χ0n) is 16.6. The summed E-state index contributed by atoms with van der Waals surface area (Å²) in [6.07, 6.45) is 0. The predicted molar refractivity (Wildman–Crippen MR) is 138 cm³/mol. The maximum atomic E-state index is 12.8. The molecule has 0 unspecified atom stereocenters. The lowest BCUT2D eigenvalue weighted by atomic mass is 10.0. The maximum Gasteiger partial charge on any atom is 0.258 e. The van der Waals surface area contributed by atoms with Gasteiger partial charge in [0, 0.05) is 16.8 Å². The standard InChI is InChI=1S/C25H16ClN3OS2/c26-20-14-16(12-13-19(20)24-28-21-10-3-4-11-22(21)32-24)27-25(31)29-23(30)18-9-5-7-15-6-1-2-8-17(15)18/h1-14H,(H2,27,29,30,31). The van der Waals surface area contributed by atoms with Crippen LogP contribution in [0.25, 0.3) is 31.6 Å². The summed E-state index contributed by atoms with van der Waals surface area (Å²) in [5.74, 6) is -0.267. The van der Waals surface area contributed by atoms with Crippen molar-refractivity contribution < 1.29 is 4.79 Å². The van der Waals surface area contributed by atoms with E-state index in [1.165, 1.54) is 0 Å². The van der Waals surface area contributed by atoms with Gasteiger partial charge in [-0.15, -0.1) is 11.3 Å². The largest absolute Gasteiger partial charge is 0.332 e. The summed E-state index contributed by atoms with van der Waals surface area (Å²) in [5.41, 5.74) is 3.05. The quantitative estimate of drug-likeness (QED) is 0.280. The predicted octanol–water partition coefficient (Wildman–Crippen LogP) is 6.90. The van der Waals surface area contributed by atoms with Gasteiger partial charge >= 0.3 is 0 Å². The summed E-state index contributed by atoms with van der Waals surface area (Å²) >= 11 is 13.5. The van der Waals surface area contributed by atoms with Crippen LogP contribution in [0.5, 0.6) is 0 Å². The van der Waals surface area contributed by atoms with Gasteiger partial charge < -0.3 is 5.32 Å². The molecule has 5 rings (SSSR count). The number of rotatable bonds is 3. The molecule has 0 radical (unpaired) electrons. The molecular weight excluding hydrogens is 458 g/mol. The number of anilines is 1. The van der Waals surface area contributed by atoms with Crippen LogP contribution < -0.4 is 10.6 Å². The molecule has 7 heteroatoms. The third kappa shape index (κ3) is 4.08. The van der Waals surface area contributed by atoms with Crippen molar-refractivity contribution >= 4 is 72.9 Å². The van der Waals surface area contributed by atoms with E-state index in [-0.39, 0.29) is 11.0 Å². The summed E-state index contributed by atoms with van der Waals surface area (Å²) in [4.78, 5) is 17.4. The molecule has 0 atom stereocenters. The summed E-state index contributed by atoms with van der Waals surface area (Å²) in [6, 6.07) is 26.9. The molecule has 0 aliphatic heterocycles. The van der Waals surface area contributed by atoms with Crippen LogP contribution in [0.15, 0.2) is 84.9 Å². The highest BCUT2D eigenvalue weighted by Gasteiger charge is 2.13. The van der Waals surface area contributed by atoms with Crippen LogP contribution in [0.1, 0.15) is 10.4 Å². The molecule has 0 spiro atoms. The van der Waals surface area contributed by atoms with Gasteiger partial charge in [0.1, 0.15) is 5.01 Å². The van der Waals surface area contributed by atoms with Gasteiger partial charge in [-0.1, -0.05) is 60.1 Å². The number of carbonyl (C=O) groups excluding carboxylic acids is 1. The van der Waals surface area contributed by atoms with Gasteiger partial charge in [0.05, 0.1) is 15.2 Å². The molecule has 32 heavy (non-hydrogen) atoms. The van der Waals surface area contributed by atoms with E-state index in [1.807, 2.05) is 72.8 Å². The van der Waals surface area contributed by atoms with Gasteiger partial charge in [-0.05, 0) is 59.4 Å². The van der Waals surface area contributed by atoms with Gasteiger partial charge in [0.25, 0.3) is 5.91 Å². The van der Waals surface area contributed by atoms with Gasteiger partial charge in [-0.3, -0.25) is 10.1 Å². The molecule has 156 valence electrons. The lowest BCUT2D eigenvalue weighted by molar-refractivity contribution is 0.0979. The van der Waals surface area contributed by atoms with Gasteiger partial charge in [0.2, 0.25) is 0 Å². The second-order valence-corrected chi connectivity index (χ2v) is 8.96. The minimum atomic E-state index is -0.267. The minimum Gasteiger partial charge on any atom is -0.332 e. The lowest BCUT2D eigenvalue weighted by Crippen LogP contribution is -2.34. The van der Waals surface area contributed by atoms with Crippen LogP contribution in [0.2, 0.25) is 5.02 Å². The molecule has 2 N–H and O–H groups in total. The second-order valence-electron chi connectivity index (χ2n) is 7.12. The Hall–Kier alpha value is -3.32. The molecule has 0 saturated carbocycles. The third-order valence-corrected chi connectivity index (χ3v) is 6.60. The minimum absolute atomic E-state index is 0.201. The molecule has 0 aliphatic rings. The van der Waals surface area contributed by atoms with E-state index in [0.717, 1.165) is 31.6 Å². The average molecular weight is 474 g/mol. The number of carbonyl (C=O) groups is 1. The molecule has 4 nitrogen and oxygen atoms in total. The van der Waals surface area contributed by atoms with Crippen molar-refractivity contribution in [3.63, 3.8) is 0 Å². The van der Waals surface area contributed by atoms with E-state index in [4.69, 9.17) is 23.8 Å². The first-order chi connectivity index (χ1) is 15.6. The first kappa shape index (κ1) is 20.6. The number of amides is 1. The number of halogens is 1. The van der Waals surface area contributed by atoms with Crippen molar-refractivity contribution in [2.45, 2.75) is 0 Å². The summed E-state index contributed by atoms with van der Waals surface area (Å²) < 4.78 is 1.11. The number of benzene rings is 4.